The molecule has 0 radical (unpaired) electrons. The normalized spacial score (nSPS) is 15.6. The lowest BCUT2D eigenvalue weighted by Gasteiger charge is -2.27. The van der Waals surface area contributed by atoms with Crippen LogP contribution in [0.25, 0.3) is 5.57 Å². The van der Waals surface area contributed by atoms with Crippen molar-refractivity contribution in [1.29, 1.82) is 0 Å². The number of halogens is 1. The molecule has 3 heterocycles. The lowest BCUT2D eigenvalue weighted by molar-refractivity contribution is 0.0715. The molecule has 3 N–H and O–H groups in total. The lowest BCUT2D eigenvalue weighted by atomic mass is 9.99. The predicted octanol–water partition coefficient (Wildman–Crippen LogP) is 3.73. The highest BCUT2D eigenvalue weighted by molar-refractivity contribution is 5.90. The molecule has 8 nitrogen and oxygen atoms in total. The standard InChI is InChI=1S/C25H30FN5O3/c1-25(2,34)9-10-27-23(32)30-11-7-18(8-12-30)17-3-5-21(6-4-17)29-24(33)31-15-19-13-20(26)14-28-22(19)16-31/h3-7,13-14,34H,8-12,15-16H2,1-2H3,(H,27,32)(H,29,33). The fourth-order valence-corrected chi connectivity index (χ4v) is 4.05. The van der Waals surface area contributed by atoms with Crippen molar-refractivity contribution in [3.05, 3.63) is 65.2 Å². The topological polar surface area (TPSA) is 97.8 Å². The highest BCUT2D eigenvalue weighted by Gasteiger charge is 2.25. The summed E-state index contributed by atoms with van der Waals surface area (Å²) in [6.45, 7) is 5.69. The van der Waals surface area contributed by atoms with Crippen LogP contribution in [0.4, 0.5) is 19.7 Å². The molecule has 0 saturated carbocycles. The number of carbonyl (C=O) groups is 2. The van der Waals surface area contributed by atoms with Crippen LogP contribution in [0, 0.1) is 5.82 Å². The Balaban J connectivity index is 1.28. The maximum Gasteiger partial charge on any atom is 0.322 e. The number of anilines is 1. The fourth-order valence-electron chi connectivity index (χ4n) is 4.05. The SMILES string of the molecule is CC(C)(O)CCNC(=O)N1CC=C(c2ccc(NC(=O)N3Cc4cc(F)cnc4C3)cc2)CC1. The van der Waals surface area contributed by atoms with Crippen LogP contribution < -0.4 is 10.6 Å². The van der Waals surface area contributed by atoms with Crippen LogP contribution >= 0.6 is 0 Å². The number of rotatable bonds is 5. The number of aromatic nitrogens is 1. The number of pyridine rings is 1. The van der Waals surface area contributed by atoms with Crippen molar-refractivity contribution < 1.29 is 19.1 Å². The minimum absolute atomic E-state index is 0.125. The van der Waals surface area contributed by atoms with Crippen molar-refractivity contribution in [3.63, 3.8) is 0 Å². The summed E-state index contributed by atoms with van der Waals surface area (Å²) >= 11 is 0. The quantitative estimate of drug-likeness (QED) is 0.624. The molecule has 0 unspecified atom stereocenters. The summed E-state index contributed by atoms with van der Waals surface area (Å²) in [4.78, 5) is 32.3. The third-order valence-corrected chi connectivity index (χ3v) is 6.03. The van der Waals surface area contributed by atoms with Crippen LogP contribution in [0.15, 0.2) is 42.6 Å². The number of carbonyl (C=O) groups excluding carboxylic acids is 2. The second kappa shape index (κ2) is 9.80. The average molecular weight is 468 g/mol. The zero-order chi connectivity index (χ0) is 24.3. The second-order valence-corrected chi connectivity index (χ2v) is 9.34. The molecule has 0 saturated heterocycles. The van der Waals surface area contributed by atoms with Crippen molar-refractivity contribution >= 4 is 23.3 Å². The molecular weight excluding hydrogens is 437 g/mol. The molecule has 4 amide bonds. The molecular formula is C25H30FN5O3. The van der Waals surface area contributed by atoms with Crippen LogP contribution in [0.2, 0.25) is 0 Å². The molecule has 2 aliphatic heterocycles. The fraction of sp³-hybridized carbons (Fsp3) is 0.400. The van der Waals surface area contributed by atoms with Gasteiger partial charge in [0.15, 0.2) is 0 Å². The van der Waals surface area contributed by atoms with E-state index in [-0.39, 0.29) is 12.1 Å². The average Bonchev–Trinajstić information content (AvgIpc) is 3.22. The van der Waals surface area contributed by atoms with Gasteiger partial charge in [-0.05, 0) is 61.6 Å². The van der Waals surface area contributed by atoms with E-state index in [1.54, 1.807) is 23.6 Å². The highest BCUT2D eigenvalue weighted by Crippen LogP contribution is 2.25. The monoisotopic (exact) mass is 467 g/mol. The molecule has 4 rings (SSSR count). The Morgan fingerprint density at radius 2 is 1.91 bits per heavy atom. The van der Waals surface area contributed by atoms with Crippen molar-refractivity contribution in [3.8, 4) is 0 Å². The lowest BCUT2D eigenvalue weighted by Crippen LogP contribution is -2.43. The van der Waals surface area contributed by atoms with E-state index >= 15 is 0 Å². The second-order valence-electron chi connectivity index (χ2n) is 9.34. The molecule has 0 spiro atoms. The minimum atomic E-state index is -0.802. The summed E-state index contributed by atoms with van der Waals surface area (Å²) in [5.74, 6) is -0.400. The molecule has 9 heteroatoms. The summed E-state index contributed by atoms with van der Waals surface area (Å²) < 4.78 is 13.4. The first-order valence-corrected chi connectivity index (χ1v) is 11.4. The van der Waals surface area contributed by atoms with Gasteiger partial charge in [0.2, 0.25) is 0 Å². The molecule has 0 bridgehead atoms. The van der Waals surface area contributed by atoms with Crippen LogP contribution in [0.1, 0.15) is 43.5 Å². The third kappa shape index (κ3) is 5.91. The molecule has 0 aliphatic carbocycles. The molecule has 0 atom stereocenters. The van der Waals surface area contributed by atoms with Gasteiger partial charge in [-0.3, -0.25) is 4.98 Å². The van der Waals surface area contributed by atoms with Gasteiger partial charge in [-0.1, -0.05) is 18.2 Å². The van der Waals surface area contributed by atoms with Gasteiger partial charge in [0, 0.05) is 31.9 Å². The van der Waals surface area contributed by atoms with Gasteiger partial charge in [0.25, 0.3) is 0 Å². The zero-order valence-corrected chi connectivity index (χ0v) is 19.5. The maximum absolute atomic E-state index is 13.4. The van der Waals surface area contributed by atoms with Gasteiger partial charge >= 0.3 is 12.1 Å². The van der Waals surface area contributed by atoms with E-state index in [1.807, 2.05) is 30.3 Å². The summed E-state index contributed by atoms with van der Waals surface area (Å²) in [6.07, 6.45) is 4.44. The number of fused-ring (bicyclic) bond motifs is 1. The number of urea groups is 2. The number of hydrogen-bond donors (Lipinski definition) is 3. The first-order valence-electron chi connectivity index (χ1n) is 11.4. The largest absolute Gasteiger partial charge is 0.390 e. The minimum Gasteiger partial charge on any atom is -0.390 e. The molecule has 0 fully saturated rings. The van der Waals surface area contributed by atoms with E-state index in [4.69, 9.17) is 0 Å². The molecule has 2 aromatic rings. The Bertz CT molecular complexity index is 1090. The van der Waals surface area contributed by atoms with E-state index in [2.05, 4.69) is 15.6 Å². The number of nitrogens with one attached hydrogen (secondary N) is 2. The van der Waals surface area contributed by atoms with E-state index in [0.29, 0.717) is 44.8 Å². The Kier molecular flexibility index (Phi) is 6.83. The maximum atomic E-state index is 13.4. The van der Waals surface area contributed by atoms with E-state index < -0.39 is 11.4 Å². The zero-order valence-electron chi connectivity index (χ0n) is 19.5. The first-order chi connectivity index (χ1) is 16.2. The first kappa shape index (κ1) is 23.7. The number of hydrogen-bond acceptors (Lipinski definition) is 4. The van der Waals surface area contributed by atoms with Crippen LogP contribution in [0.3, 0.4) is 0 Å². The van der Waals surface area contributed by atoms with Crippen LogP contribution in [-0.4, -0.2) is 57.2 Å². The Morgan fingerprint density at radius 1 is 1.15 bits per heavy atom. The summed E-state index contributed by atoms with van der Waals surface area (Å²) in [5, 5.41) is 15.5. The van der Waals surface area contributed by atoms with Gasteiger partial charge in [-0.15, -0.1) is 0 Å². The predicted molar refractivity (Wildman–Crippen MR) is 127 cm³/mol. The molecule has 34 heavy (non-hydrogen) atoms. The highest BCUT2D eigenvalue weighted by atomic mass is 19.1. The number of amides is 4. The molecule has 1 aromatic heterocycles. The summed E-state index contributed by atoms with van der Waals surface area (Å²) in [6, 6.07) is 8.65. The molecule has 2 aliphatic rings. The summed E-state index contributed by atoms with van der Waals surface area (Å²) in [7, 11) is 0. The number of benzene rings is 1. The van der Waals surface area contributed by atoms with Gasteiger partial charge in [-0.25, -0.2) is 14.0 Å². The van der Waals surface area contributed by atoms with E-state index in [9.17, 15) is 19.1 Å². The molecule has 180 valence electrons. The van der Waals surface area contributed by atoms with Crippen LogP contribution in [-0.2, 0) is 13.1 Å². The number of aliphatic hydroxyl groups is 1. The van der Waals surface area contributed by atoms with Gasteiger partial charge in [-0.2, -0.15) is 0 Å². The van der Waals surface area contributed by atoms with Crippen molar-refractivity contribution in [1.82, 2.24) is 20.1 Å². The Labute approximate surface area is 198 Å². The van der Waals surface area contributed by atoms with Gasteiger partial charge in [0.05, 0.1) is 24.0 Å². The van der Waals surface area contributed by atoms with E-state index in [0.717, 1.165) is 28.8 Å². The molecule has 1 aromatic carbocycles. The Hall–Kier alpha value is -3.46. The Morgan fingerprint density at radius 3 is 2.59 bits per heavy atom. The van der Waals surface area contributed by atoms with Crippen molar-refractivity contribution in [2.75, 3.05) is 25.0 Å². The van der Waals surface area contributed by atoms with Gasteiger partial charge < -0.3 is 25.5 Å². The summed E-state index contributed by atoms with van der Waals surface area (Å²) in [5.41, 5.74) is 3.53. The smallest absolute Gasteiger partial charge is 0.322 e. The van der Waals surface area contributed by atoms with E-state index in [1.165, 1.54) is 12.3 Å². The third-order valence-electron chi connectivity index (χ3n) is 6.03. The van der Waals surface area contributed by atoms with Crippen molar-refractivity contribution in [2.45, 2.75) is 45.4 Å². The van der Waals surface area contributed by atoms with Crippen LogP contribution in [0.5, 0.6) is 0 Å². The number of nitrogens with zero attached hydrogens (tertiary/aromatic N) is 3. The van der Waals surface area contributed by atoms with Crippen molar-refractivity contribution in [2.24, 2.45) is 0 Å². The van der Waals surface area contributed by atoms with Gasteiger partial charge in [0.1, 0.15) is 5.82 Å².